The van der Waals surface area contributed by atoms with E-state index in [1.54, 1.807) is 20.9 Å². The van der Waals surface area contributed by atoms with Crippen LogP contribution in [0.2, 0.25) is 0 Å². The maximum Gasteiger partial charge on any atom is 0.226 e. The molecule has 0 spiro atoms. The number of aliphatic hydroxyl groups is 1. The van der Waals surface area contributed by atoms with Crippen LogP contribution in [0, 0.1) is 5.92 Å². The molecule has 0 aromatic rings. The Bertz CT molecular complexity index is 428. The molecule has 1 saturated heterocycles. The molecular formula is C12H24N2O4S. The van der Waals surface area contributed by atoms with Crippen molar-refractivity contribution in [2.45, 2.75) is 32.3 Å². The Morgan fingerprint density at radius 1 is 1.47 bits per heavy atom. The monoisotopic (exact) mass is 292 g/mol. The van der Waals surface area contributed by atoms with Gasteiger partial charge in [-0.15, -0.1) is 0 Å². The molecule has 1 aliphatic heterocycles. The maximum atomic E-state index is 12.2. The largest absolute Gasteiger partial charge is 0.389 e. The summed E-state index contributed by atoms with van der Waals surface area (Å²) in [6, 6.07) is 0. The Morgan fingerprint density at radius 2 is 2.05 bits per heavy atom. The van der Waals surface area contributed by atoms with Gasteiger partial charge in [0.15, 0.2) is 0 Å². The lowest BCUT2D eigenvalue weighted by Gasteiger charge is -2.34. The van der Waals surface area contributed by atoms with Gasteiger partial charge >= 0.3 is 0 Å². The second-order valence-electron chi connectivity index (χ2n) is 5.97. The summed E-state index contributed by atoms with van der Waals surface area (Å²) in [5, 5.41) is 9.72. The van der Waals surface area contributed by atoms with E-state index in [-0.39, 0.29) is 24.9 Å². The van der Waals surface area contributed by atoms with Crippen molar-refractivity contribution in [2.24, 2.45) is 5.92 Å². The number of amides is 1. The summed E-state index contributed by atoms with van der Waals surface area (Å²) in [4.78, 5) is 13.7. The summed E-state index contributed by atoms with van der Waals surface area (Å²) < 4.78 is 24.4. The third kappa shape index (κ3) is 5.08. The number of piperidine rings is 1. The van der Waals surface area contributed by atoms with Gasteiger partial charge in [-0.25, -0.2) is 12.7 Å². The van der Waals surface area contributed by atoms with Gasteiger partial charge in [0.05, 0.1) is 17.8 Å². The van der Waals surface area contributed by atoms with E-state index in [0.29, 0.717) is 19.4 Å². The minimum absolute atomic E-state index is 0.101. The lowest BCUT2D eigenvalue weighted by Crippen LogP contribution is -2.48. The highest BCUT2D eigenvalue weighted by molar-refractivity contribution is 7.88. The van der Waals surface area contributed by atoms with Crippen LogP contribution < -0.4 is 0 Å². The van der Waals surface area contributed by atoms with Crippen LogP contribution in [0.3, 0.4) is 0 Å². The summed E-state index contributed by atoms with van der Waals surface area (Å²) in [6.07, 6.45) is 2.56. The van der Waals surface area contributed by atoms with E-state index in [0.717, 1.165) is 0 Å². The molecule has 1 N–H and O–H groups in total. The normalized spacial score (nSPS) is 22.3. The minimum atomic E-state index is -3.24. The van der Waals surface area contributed by atoms with Crippen molar-refractivity contribution >= 4 is 15.9 Å². The van der Waals surface area contributed by atoms with Crippen LogP contribution in [0.25, 0.3) is 0 Å². The number of hydrogen-bond acceptors (Lipinski definition) is 4. The number of sulfonamides is 1. The maximum absolute atomic E-state index is 12.2. The average molecular weight is 292 g/mol. The van der Waals surface area contributed by atoms with Crippen molar-refractivity contribution in [3.63, 3.8) is 0 Å². The van der Waals surface area contributed by atoms with Gasteiger partial charge in [0.25, 0.3) is 0 Å². The molecule has 7 heteroatoms. The van der Waals surface area contributed by atoms with Gasteiger partial charge in [-0.05, 0) is 26.7 Å². The lowest BCUT2D eigenvalue weighted by molar-refractivity contribution is -0.138. The summed E-state index contributed by atoms with van der Waals surface area (Å²) >= 11 is 0. The molecule has 112 valence electrons. The summed E-state index contributed by atoms with van der Waals surface area (Å²) in [6.45, 7) is 4.24. The smallest absolute Gasteiger partial charge is 0.226 e. The lowest BCUT2D eigenvalue weighted by atomic mass is 9.97. The fraction of sp³-hybridized carbons (Fsp3) is 0.917. The van der Waals surface area contributed by atoms with Crippen LogP contribution in [0.4, 0.5) is 0 Å². The van der Waals surface area contributed by atoms with E-state index in [1.165, 1.54) is 15.5 Å². The quantitative estimate of drug-likeness (QED) is 0.784. The van der Waals surface area contributed by atoms with E-state index in [9.17, 15) is 18.3 Å². The number of rotatable bonds is 4. The number of carbonyl (C=O) groups is 1. The number of hydrogen-bond donors (Lipinski definition) is 1. The second kappa shape index (κ2) is 5.76. The SMILES string of the molecule is CN(CC(C)(C)O)C(=O)C1CCCN(S(C)(=O)=O)C1. The van der Waals surface area contributed by atoms with Gasteiger partial charge in [0, 0.05) is 26.7 Å². The van der Waals surface area contributed by atoms with E-state index >= 15 is 0 Å². The van der Waals surface area contributed by atoms with Gasteiger partial charge in [-0.2, -0.15) is 0 Å². The van der Waals surface area contributed by atoms with Crippen molar-refractivity contribution in [1.82, 2.24) is 9.21 Å². The van der Waals surface area contributed by atoms with Gasteiger partial charge in [-0.1, -0.05) is 0 Å². The Labute approximate surface area is 115 Å². The Morgan fingerprint density at radius 3 is 2.53 bits per heavy atom. The first-order valence-electron chi connectivity index (χ1n) is 6.43. The minimum Gasteiger partial charge on any atom is -0.389 e. The topological polar surface area (TPSA) is 77.9 Å². The van der Waals surface area contributed by atoms with Gasteiger partial charge in [-0.3, -0.25) is 4.79 Å². The zero-order valence-electron chi connectivity index (χ0n) is 12.1. The summed E-state index contributed by atoms with van der Waals surface area (Å²) in [5.41, 5.74) is -0.949. The molecule has 0 aliphatic carbocycles. The third-order valence-electron chi connectivity index (χ3n) is 3.20. The van der Waals surface area contributed by atoms with Crippen LogP contribution in [-0.4, -0.2) is 67.2 Å². The van der Waals surface area contributed by atoms with E-state index in [4.69, 9.17) is 0 Å². The first kappa shape index (κ1) is 16.4. The van der Waals surface area contributed by atoms with Gasteiger partial charge in [0.2, 0.25) is 15.9 Å². The van der Waals surface area contributed by atoms with Crippen LogP contribution in [-0.2, 0) is 14.8 Å². The molecule has 1 fully saturated rings. The van der Waals surface area contributed by atoms with Crippen LogP contribution in [0.1, 0.15) is 26.7 Å². The summed E-state index contributed by atoms with van der Waals surface area (Å²) in [7, 11) is -1.60. The molecule has 1 unspecified atom stereocenters. The predicted octanol–water partition coefficient (Wildman–Crippen LogP) is -0.113. The molecule has 1 rings (SSSR count). The number of nitrogens with zero attached hydrogens (tertiary/aromatic N) is 2. The molecule has 0 bridgehead atoms. The molecule has 0 aromatic heterocycles. The molecule has 1 amide bonds. The van der Waals surface area contributed by atoms with Crippen LogP contribution >= 0.6 is 0 Å². The molecule has 1 aliphatic rings. The highest BCUT2D eigenvalue weighted by atomic mass is 32.2. The Hall–Kier alpha value is -0.660. The number of likely N-dealkylation sites (N-methyl/N-ethyl adjacent to an activating group) is 1. The number of carbonyl (C=O) groups excluding carboxylic acids is 1. The molecule has 19 heavy (non-hydrogen) atoms. The van der Waals surface area contributed by atoms with Crippen LogP contribution in [0.5, 0.6) is 0 Å². The van der Waals surface area contributed by atoms with Crippen LogP contribution in [0.15, 0.2) is 0 Å². The highest BCUT2D eigenvalue weighted by Gasteiger charge is 2.32. The molecule has 0 radical (unpaired) electrons. The standard InChI is InChI=1S/C12H24N2O4S/c1-12(2,16)9-13(3)11(15)10-6-5-7-14(8-10)19(4,17)18/h10,16H,5-9H2,1-4H3. The van der Waals surface area contributed by atoms with E-state index in [1.807, 2.05) is 0 Å². The van der Waals surface area contributed by atoms with Crippen molar-refractivity contribution in [3.05, 3.63) is 0 Å². The highest BCUT2D eigenvalue weighted by Crippen LogP contribution is 2.21. The van der Waals surface area contributed by atoms with Crippen molar-refractivity contribution in [1.29, 1.82) is 0 Å². The van der Waals surface area contributed by atoms with Crippen molar-refractivity contribution < 1.29 is 18.3 Å². The van der Waals surface area contributed by atoms with E-state index in [2.05, 4.69) is 0 Å². The fourth-order valence-corrected chi connectivity index (χ4v) is 3.33. The zero-order chi connectivity index (χ0) is 14.8. The third-order valence-corrected chi connectivity index (χ3v) is 4.47. The summed E-state index contributed by atoms with van der Waals surface area (Å²) in [5.74, 6) is -0.411. The molecule has 6 nitrogen and oxygen atoms in total. The second-order valence-corrected chi connectivity index (χ2v) is 7.95. The van der Waals surface area contributed by atoms with Gasteiger partial charge < -0.3 is 10.0 Å². The zero-order valence-corrected chi connectivity index (χ0v) is 12.9. The molecule has 0 saturated carbocycles. The molecule has 1 heterocycles. The molecular weight excluding hydrogens is 268 g/mol. The Balaban J connectivity index is 2.67. The molecule has 1 atom stereocenters. The van der Waals surface area contributed by atoms with Gasteiger partial charge in [0.1, 0.15) is 0 Å². The first-order chi connectivity index (χ1) is 8.50. The Kier molecular flexibility index (Phi) is 4.97. The fourth-order valence-electron chi connectivity index (χ4n) is 2.42. The van der Waals surface area contributed by atoms with Crippen molar-refractivity contribution in [2.75, 3.05) is 32.9 Å². The molecule has 0 aromatic carbocycles. The van der Waals surface area contributed by atoms with Crippen molar-refractivity contribution in [3.8, 4) is 0 Å². The first-order valence-corrected chi connectivity index (χ1v) is 8.28. The average Bonchev–Trinajstić information content (AvgIpc) is 2.24. The van der Waals surface area contributed by atoms with E-state index < -0.39 is 15.6 Å². The predicted molar refractivity (Wildman–Crippen MR) is 73.1 cm³/mol.